The van der Waals surface area contributed by atoms with Crippen LogP contribution in [0.2, 0.25) is 0 Å². The van der Waals surface area contributed by atoms with E-state index in [4.69, 9.17) is 11.6 Å². The maximum atomic E-state index is 9.96. The highest BCUT2D eigenvalue weighted by molar-refractivity contribution is 8.13. The van der Waals surface area contributed by atoms with Crippen molar-refractivity contribution < 1.29 is 10.6 Å². The largest absolute Gasteiger partial charge is 0.367 e. The molecule has 0 amide bonds. The standard InChI is InChI=1S/C12H15N5.C12H17N3S.C2H5NO.CH3F/c1-8-5-9(12-13-7-14-17-12)6-11(15-8)16-10-3-2-4-10;1-8-6-9(12(13)16-2)7-11(14-8)15-10-4-3-5-10;3-1-2-4;1-2/h5-7,10H,2-4H2,1H3,(H,15,16)(H,13,14,17);6-7,10,13H,3-5H2,1-2H3,(H,14,15);2H,1,3H2;1H3/i;;;1D. The molecule has 3 aromatic heterocycles. The monoisotopic (exact) mass is 558 g/mol. The molecule has 0 atom stereocenters. The third-order valence-corrected chi connectivity index (χ3v) is 6.72. The van der Waals surface area contributed by atoms with Crippen LogP contribution in [0.3, 0.4) is 0 Å². The van der Waals surface area contributed by atoms with Gasteiger partial charge in [0.25, 0.3) is 0 Å². The van der Waals surface area contributed by atoms with Gasteiger partial charge in [0.2, 0.25) is 0 Å². The van der Waals surface area contributed by atoms with Crippen molar-refractivity contribution in [2.45, 2.75) is 64.5 Å². The van der Waals surface area contributed by atoms with Gasteiger partial charge in [0.05, 0.1) is 13.6 Å². The van der Waals surface area contributed by atoms with Gasteiger partial charge in [0.15, 0.2) is 5.82 Å². The average molecular weight is 559 g/mol. The average Bonchev–Trinajstić information content (AvgIpc) is 3.44. The number of carbonyl (C=O) groups excluding carboxylic acids is 1. The number of nitrogens with two attached hydrogens (primary N) is 1. The predicted octanol–water partition coefficient (Wildman–Crippen LogP) is 4.91. The number of pyridine rings is 2. The first-order valence-electron chi connectivity index (χ1n) is 13.5. The minimum atomic E-state index is -1.00. The summed E-state index contributed by atoms with van der Waals surface area (Å²) in [6, 6.07) is 9.14. The van der Waals surface area contributed by atoms with Crippen LogP contribution in [0.25, 0.3) is 11.4 Å². The second-order valence-electron chi connectivity index (χ2n) is 9.08. The topological polar surface area (TPSA) is 158 Å². The minimum Gasteiger partial charge on any atom is -0.367 e. The number of aromatic nitrogens is 5. The smallest absolute Gasteiger partial charge is 0.155 e. The van der Waals surface area contributed by atoms with E-state index in [1.165, 1.54) is 56.6 Å². The van der Waals surface area contributed by atoms with Gasteiger partial charge in [0.1, 0.15) is 24.2 Å². The molecule has 10 nitrogen and oxygen atoms in total. The second kappa shape index (κ2) is 17.3. The number of alkyl halides is 1. The number of thioether (sulfide) groups is 1. The molecule has 0 aromatic carbocycles. The first-order chi connectivity index (χ1) is 19.3. The van der Waals surface area contributed by atoms with Gasteiger partial charge >= 0.3 is 0 Å². The number of aryl methyl sites for hydroxylation is 2. The van der Waals surface area contributed by atoms with E-state index in [1.54, 1.807) is 0 Å². The molecule has 6 N–H and O–H groups in total. The number of halogens is 1. The SMILES string of the molecule is CSC(=N)c1cc(C)nc(NC2CCC2)c1.Cc1cc(-c2ncn[nH]2)cc(NC2CCC2)n1.NCC=O.[2H]CF. The highest BCUT2D eigenvalue weighted by Crippen LogP contribution is 2.25. The molecule has 212 valence electrons. The Hall–Kier alpha value is -3.38. The number of carbonyl (C=O) groups is 1. The van der Waals surface area contributed by atoms with Crippen molar-refractivity contribution in [3.8, 4) is 11.4 Å². The molecule has 5 rings (SSSR count). The van der Waals surface area contributed by atoms with E-state index in [-0.39, 0.29) is 6.54 Å². The zero-order chi connectivity index (χ0) is 29.3. The summed E-state index contributed by atoms with van der Waals surface area (Å²) in [6.07, 6.45) is 11.7. The van der Waals surface area contributed by atoms with E-state index in [9.17, 15) is 4.39 Å². The lowest BCUT2D eigenvalue weighted by Gasteiger charge is -2.27. The summed E-state index contributed by atoms with van der Waals surface area (Å²) < 4.78 is 15.5. The van der Waals surface area contributed by atoms with Crippen LogP contribution < -0.4 is 16.4 Å². The number of nitrogens with zero attached hydrogens (tertiary/aromatic N) is 4. The summed E-state index contributed by atoms with van der Waals surface area (Å²) in [4.78, 5) is 22.2. The molecule has 2 fully saturated rings. The zero-order valence-electron chi connectivity index (χ0n) is 23.8. The molecule has 2 aliphatic rings. The summed E-state index contributed by atoms with van der Waals surface area (Å²) >= 11 is 1.46. The molecule has 39 heavy (non-hydrogen) atoms. The molecule has 0 spiro atoms. The van der Waals surface area contributed by atoms with Gasteiger partial charge in [-0.2, -0.15) is 5.10 Å². The summed E-state index contributed by atoms with van der Waals surface area (Å²) in [7, 11) is -1.00. The van der Waals surface area contributed by atoms with Crippen molar-refractivity contribution in [1.29, 1.82) is 5.41 Å². The first kappa shape index (κ1) is 30.2. The summed E-state index contributed by atoms with van der Waals surface area (Å²) in [5.74, 6) is 2.63. The van der Waals surface area contributed by atoms with Crippen LogP contribution in [0, 0.1) is 19.3 Å². The van der Waals surface area contributed by atoms with E-state index in [0.29, 0.717) is 23.4 Å². The summed E-state index contributed by atoms with van der Waals surface area (Å²) in [6.45, 7) is 4.11. The van der Waals surface area contributed by atoms with Crippen LogP contribution in [-0.2, 0) is 4.79 Å². The van der Waals surface area contributed by atoms with Crippen molar-refractivity contribution in [2.24, 2.45) is 5.73 Å². The number of H-pyrrole nitrogens is 1. The van der Waals surface area contributed by atoms with E-state index < -0.39 is 7.15 Å². The van der Waals surface area contributed by atoms with E-state index in [2.05, 4.69) is 41.5 Å². The number of hydrogen-bond acceptors (Lipinski definition) is 10. The molecular formula is C27H40FN9OS. The molecule has 0 radical (unpaired) electrons. The van der Waals surface area contributed by atoms with Crippen LogP contribution in [0.15, 0.2) is 30.6 Å². The fourth-order valence-electron chi connectivity index (χ4n) is 3.74. The lowest BCUT2D eigenvalue weighted by molar-refractivity contribution is -0.106. The maximum absolute atomic E-state index is 9.96. The van der Waals surface area contributed by atoms with Crippen molar-refractivity contribution >= 4 is 34.7 Å². The fraction of sp³-hybridized carbons (Fsp3) is 0.481. The molecule has 2 aliphatic carbocycles. The van der Waals surface area contributed by atoms with Gasteiger partial charge in [-0.05, 0) is 82.9 Å². The van der Waals surface area contributed by atoms with Gasteiger partial charge in [-0.1, -0.05) is 0 Å². The van der Waals surface area contributed by atoms with Crippen LogP contribution in [-0.4, -0.2) is 68.5 Å². The Bertz CT molecular complexity index is 1170. The van der Waals surface area contributed by atoms with Crippen LogP contribution in [0.5, 0.6) is 0 Å². The van der Waals surface area contributed by atoms with Gasteiger partial charge in [-0.3, -0.25) is 14.9 Å². The third kappa shape index (κ3) is 10.7. The number of anilines is 2. The molecule has 0 aliphatic heterocycles. The van der Waals surface area contributed by atoms with E-state index in [0.717, 1.165) is 40.0 Å². The molecule has 0 bridgehead atoms. The first-order valence-corrected chi connectivity index (χ1v) is 14.0. The number of nitrogens with one attached hydrogen (secondary N) is 4. The quantitative estimate of drug-likeness (QED) is 0.154. The number of hydrogen-bond donors (Lipinski definition) is 5. The lowest BCUT2D eigenvalue weighted by Crippen LogP contribution is -2.27. The Morgan fingerprint density at radius 3 is 2.10 bits per heavy atom. The number of aromatic amines is 1. The van der Waals surface area contributed by atoms with Crippen molar-refractivity contribution in [2.75, 3.05) is 30.6 Å². The van der Waals surface area contributed by atoms with Crippen LogP contribution >= 0.6 is 11.8 Å². The molecule has 12 heteroatoms. The zero-order valence-corrected chi connectivity index (χ0v) is 23.7. The van der Waals surface area contributed by atoms with Crippen molar-refractivity contribution in [3.05, 3.63) is 47.5 Å². The molecule has 3 heterocycles. The minimum absolute atomic E-state index is 0.139. The Balaban J connectivity index is 0.000000228. The van der Waals surface area contributed by atoms with Crippen molar-refractivity contribution in [1.82, 2.24) is 25.1 Å². The highest BCUT2D eigenvalue weighted by Gasteiger charge is 2.18. The van der Waals surface area contributed by atoms with Gasteiger partial charge in [-0.15, -0.1) is 11.8 Å². The normalized spacial score (nSPS) is 14.3. The number of rotatable bonds is 7. The Kier molecular flexibility index (Phi) is 13.3. The van der Waals surface area contributed by atoms with Crippen LogP contribution in [0.1, 0.15) is 56.8 Å². The van der Waals surface area contributed by atoms with Crippen LogP contribution in [0.4, 0.5) is 16.0 Å². The summed E-state index contributed by atoms with van der Waals surface area (Å²) in [5.41, 5.74) is 8.60. The molecule has 0 unspecified atom stereocenters. The van der Waals surface area contributed by atoms with E-state index in [1.807, 2.05) is 44.4 Å². The van der Waals surface area contributed by atoms with Gasteiger partial charge in [0, 0.05) is 41.1 Å². The highest BCUT2D eigenvalue weighted by atomic mass is 32.2. The fourth-order valence-corrected chi connectivity index (χ4v) is 4.09. The van der Waals surface area contributed by atoms with Crippen molar-refractivity contribution in [3.63, 3.8) is 0 Å². The molecule has 0 saturated heterocycles. The lowest BCUT2D eigenvalue weighted by atomic mass is 9.93. The van der Waals surface area contributed by atoms with Gasteiger partial charge in [-0.25, -0.2) is 15.0 Å². The maximum Gasteiger partial charge on any atom is 0.155 e. The Morgan fingerprint density at radius 1 is 1.13 bits per heavy atom. The van der Waals surface area contributed by atoms with E-state index >= 15 is 0 Å². The second-order valence-corrected chi connectivity index (χ2v) is 9.90. The third-order valence-electron chi connectivity index (χ3n) is 6.07. The molecule has 2 saturated carbocycles. The Morgan fingerprint density at radius 2 is 1.67 bits per heavy atom. The Labute approximate surface area is 235 Å². The molecule has 3 aromatic rings. The number of aldehydes is 1. The molecular weight excluding hydrogens is 517 g/mol. The summed E-state index contributed by atoms with van der Waals surface area (Å²) in [5, 5.41) is 22.0. The van der Waals surface area contributed by atoms with Gasteiger partial charge < -0.3 is 21.2 Å². The predicted molar refractivity (Wildman–Crippen MR) is 158 cm³/mol.